The highest BCUT2D eigenvalue weighted by atomic mass is 32.2. The molecule has 2 N–H and O–H groups in total. The highest BCUT2D eigenvalue weighted by Crippen LogP contribution is 2.27. The Balaban J connectivity index is 1.48. The van der Waals surface area contributed by atoms with Gasteiger partial charge in [-0.25, -0.2) is 13.2 Å². The average Bonchev–Trinajstić information content (AvgIpc) is 2.96. The number of hydrogen-bond donors (Lipinski definition) is 2. The van der Waals surface area contributed by atoms with Crippen LogP contribution in [-0.2, 0) is 27.5 Å². The number of rotatable bonds is 11. The molecule has 202 valence electrons. The zero-order chi connectivity index (χ0) is 27.8. The molecule has 0 radical (unpaired) electrons. The van der Waals surface area contributed by atoms with E-state index in [2.05, 4.69) is 21.8 Å². The normalized spacial score (nSPS) is 12.3. The SMILES string of the molecule is COC(=O)c1cc(S(=O)(=O)c2ccc(CCN(Cc3ccccc3)C[C@H](O)c3ccccc3)cc2)ccc1O. The van der Waals surface area contributed by atoms with Crippen LogP contribution in [0.15, 0.2) is 113 Å². The summed E-state index contributed by atoms with van der Waals surface area (Å²) < 4.78 is 31.0. The second-order valence-corrected chi connectivity index (χ2v) is 11.2. The molecule has 0 amide bonds. The first-order valence-electron chi connectivity index (χ1n) is 12.5. The molecule has 0 fully saturated rings. The van der Waals surface area contributed by atoms with Crippen molar-refractivity contribution in [2.24, 2.45) is 0 Å². The van der Waals surface area contributed by atoms with Crippen LogP contribution in [-0.4, -0.2) is 49.7 Å². The molecule has 7 nitrogen and oxygen atoms in total. The van der Waals surface area contributed by atoms with Gasteiger partial charge < -0.3 is 14.9 Å². The number of phenolic OH excluding ortho intramolecular Hbond substituents is 1. The van der Waals surface area contributed by atoms with Crippen LogP contribution in [0.2, 0.25) is 0 Å². The second-order valence-electron chi connectivity index (χ2n) is 9.22. The maximum Gasteiger partial charge on any atom is 0.341 e. The maximum absolute atomic E-state index is 13.2. The van der Waals surface area contributed by atoms with Crippen molar-refractivity contribution >= 4 is 15.8 Å². The fraction of sp³-hybridized carbons (Fsp3) is 0.194. The van der Waals surface area contributed by atoms with Crippen LogP contribution in [0.1, 0.15) is 33.2 Å². The van der Waals surface area contributed by atoms with Crippen LogP contribution in [0.5, 0.6) is 5.75 Å². The number of methoxy groups -OCH3 is 1. The van der Waals surface area contributed by atoms with Crippen LogP contribution in [0, 0.1) is 0 Å². The highest BCUT2D eigenvalue weighted by Gasteiger charge is 2.22. The average molecular weight is 546 g/mol. The first kappa shape index (κ1) is 28.0. The van der Waals surface area contributed by atoms with Crippen molar-refractivity contribution in [1.29, 1.82) is 0 Å². The summed E-state index contributed by atoms with van der Waals surface area (Å²) in [4.78, 5) is 14.0. The predicted octanol–water partition coefficient (Wildman–Crippen LogP) is 4.79. The van der Waals surface area contributed by atoms with E-state index >= 15 is 0 Å². The maximum atomic E-state index is 13.2. The molecule has 0 saturated carbocycles. The minimum absolute atomic E-state index is 0.0772. The molecule has 0 aliphatic carbocycles. The van der Waals surface area contributed by atoms with E-state index in [-0.39, 0.29) is 21.1 Å². The molecule has 4 aromatic rings. The number of ether oxygens (including phenoxy) is 1. The Kier molecular flexibility index (Phi) is 9.14. The standard InChI is InChI=1S/C31H31NO6S/c1-38-31(35)28-20-27(16-17-29(28)33)39(36,37)26-14-12-23(13-15-26)18-19-32(21-24-8-4-2-5-9-24)22-30(34)25-10-6-3-7-11-25/h2-17,20,30,33-34H,18-19,21-22H2,1H3/t30-/m0/s1. The lowest BCUT2D eigenvalue weighted by atomic mass is 10.1. The molecule has 0 unspecified atom stereocenters. The number of aliphatic hydroxyl groups is 1. The number of carbonyl (C=O) groups is 1. The van der Waals surface area contributed by atoms with Crippen molar-refractivity contribution in [3.05, 3.63) is 125 Å². The van der Waals surface area contributed by atoms with Crippen LogP contribution >= 0.6 is 0 Å². The van der Waals surface area contributed by atoms with Crippen LogP contribution < -0.4 is 0 Å². The van der Waals surface area contributed by atoms with E-state index in [0.29, 0.717) is 26.1 Å². The molecule has 0 spiro atoms. The van der Waals surface area contributed by atoms with Crippen LogP contribution in [0.25, 0.3) is 0 Å². The van der Waals surface area contributed by atoms with Crippen LogP contribution in [0.4, 0.5) is 0 Å². The van der Waals surface area contributed by atoms with Crippen molar-refractivity contribution < 1.29 is 28.2 Å². The Hall–Kier alpha value is -3.98. The van der Waals surface area contributed by atoms with E-state index in [1.54, 1.807) is 12.1 Å². The summed E-state index contributed by atoms with van der Waals surface area (Å²) in [6, 6.07) is 29.7. The van der Waals surface area contributed by atoms with Gasteiger partial charge in [-0.15, -0.1) is 0 Å². The van der Waals surface area contributed by atoms with Gasteiger partial charge in [-0.1, -0.05) is 72.8 Å². The van der Waals surface area contributed by atoms with Crippen molar-refractivity contribution in [3.63, 3.8) is 0 Å². The van der Waals surface area contributed by atoms with Gasteiger partial charge in [0.1, 0.15) is 11.3 Å². The lowest BCUT2D eigenvalue weighted by molar-refractivity contribution is 0.0597. The molecule has 0 bridgehead atoms. The van der Waals surface area contributed by atoms with E-state index in [9.17, 15) is 23.4 Å². The minimum atomic E-state index is -3.92. The minimum Gasteiger partial charge on any atom is -0.507 e. The summed E-state index contributed by atoms with van der Waals surface area (Å²) in [5, 5.41) is 20.7. The Morgan fingerprint density at radius 1 is 0.846 bits per heavy atom. The zero-order valence-electron chi connectivity index (χ0n) is 21.6. The quantitative estimate of drug-likeness (QED) is 0.261. The van der Waals surface area contributed by atoms with Gasteiger partial charge in [-0.3, -0.25) is 4.90 Å². The number of carbonyl (C=O) groups excluding carboxylic acids is 1. The third-order valence-corrected chi connectivity index (χ3v) is 8.27. The predicted molar refractivity (Wildman–Crippen MR) is 148 cm³/mol. The van der Waals surface area contributed by atoms with Crippen LogP contribution in [0.3, 0.4) is 0 Å². The number of aliphatic hydroxyl groups excluding tert-OH is 1. The van der Waals surface area contributed by atoms with Crippen molar-refractivity contribution in [1.82, 2.24) is 4.90 Å². The Morgan fingerprint density at radius 2 is 1.46 bits per heavy atom. The molecule has 0 aliphatic heterocycles. The number of hydrogen-bond acceptors (Lipinski definition) is 7. The van der Waals surface area contributed by atoms with E-state index < -0.39 is 21.9 Å². The summed E-state index contributed by atoms with van der Waals surface area (Å²) >= 11 is 0. The highest BCUT2D eigenvalue weighted by molar-refractivity contribution is 7.91. The van der Waals surface area contributed by atoms with Gasteiger partial charge in [0, 0.05) is 19.6 Å². The summed E-state index contributed by atoms with van der Waals surface area (Å²) in [5.41, 5.74) is 2.72. The first-order valence-corrected chi connectivity index (χ1v) is 14.0. The van der Waals surface area contributed by atoms with E-state index in [1.165, 1.54) is 24.3 Å². The van der Waals surface area contributed by atoms with Gasteiger partial charge in [0.2, 0.25) is 9.84 Å². The Bertz CT molecular complexity index is 1490. The Labute approximate surface area is 228 Å². The molecule has 0 aliphatic rings. The molecule has 4 aromatic carbocycles. The fourth-order valence-electron chi connectivity index (χ4n) is 4.32. The van der Waals surface area contributed by atoms with Gasteiger partial charge in [-0.05, 0) is 53.4 Å². The summed E-state index contributed by atoms with van der Waals surface area (Å²) in [6.07, 6.45) is 0.0167. The molecule has 4 rings (SSSR count). The first-order chi connectivity index (χ1) is 18.8. The number of nitrogens with zero attached hydrogens (tertiary/aromatic N) is 1. The molecular formula is C31H31NO6S. The molecule has 0 heterocycles. The van der Waals surface area contributed by atoms with Crippen molar-refractivity contribution in [3.8, 4) is 5.75 Å². The fourth-order valence-corrected chi connectivity index (χ4v) is 5.60. The van der Waals surface area contributed by atoms with E-state index in [4.69, 9.17) is 0 Å². The van der Waals surface area contributed by atoms with Gasteiger partial charge in [0.05, 0.1) is 23.0 Å². The summed E-state index contributed by atoms with van der Waals surface area (Å²) in [7, 11) is -2.76. The summed E-state index contributed by atoms with van der Waals surface area (Å²) in [5.74, 6) is -1.18. The van der Waals surface area contributed by atoms with Gasteiger partial charge in [-0.2, -0.15) is 0 Å². The summed E-state index contributed by atoms with van der Waals surface area (Å²) in [6.45, 7) is 1.78. The zero-order valence-corrected chi connectivity index (χ0v) is 22.4. The monoisotopic (exact) mass is 545 g/mol. The molecule has 0 saturated heterocycles. The second kappa shape index (κ2) is 12.7. The number of benzene rings is 4. The Morgan fingerprint density at radius 3 is 2.10 bits per heavy atom. The van der Waals surface area contributed by atoms with E-state index in [1.807, 2.05) is 48.5 Å². The number of sulfone groups is 1. The molecule has 8 heteroatoms. The largest absolute Gasteiger partial charge is 0.507 e. The lowest BCUT2D eigenvalue weighted by Crippen LogP contribution is -2.30. The number of esters is 1. The molecular weight excluding hydrogens is 514 g/mol. The van der Waals surface area contributed by atoms with Gasteiger partial charge in [0.25, 0.3) is 0 Å². The van der Waals surface area contributed by atoms with Crippen molar-refractivity contribution in [2.45, 2.75) is 28.9 Å². The lowest BCUT2D eigenvalue weighted by Gasteiger charge is -2.25. The van der Waals surface area contributed by atoms with Gasteiger partial charge in [0.15, 0.2) is 0 Å². The van der Waals surface area contributed by atoms with Crippen molar-refractivity contribution in [2.75, 3.05) is 20.2 Å². The van der Waals surface area contributed by atoms with E-state index in [0.717, 1.165) is 29.9 Å². The van der Waals surface area contributed by atoms with Gasteiger partial charge >= 0.3 is 5.97 Å². The topological polar surface area (TPSA) is 104 Å². The number of phenols is 1. The third-order valence-electron chi connectivity index (χ3n) is 6.50. The number of aromatic hydroxyl groups is 1. The molecule has 39 heavy (non-hydrogen) atoms. The third kappa shape index (κ3) is 7.11. The molecule has 0 aromatic heterocycles. The molecule has 1 atom stereocenters. The smallest absolute Gasteiger partial charge is 0.341 e.